The van der Waals surface area contributed by atoms with Gasteiger partial charge in [-0.1, -0.05) is 103 Å². The van der Waals surface area contributed by atoms with E-state index in [2.05, 4.69) is 120 Å². The molecule has 266 valence electrons. The van der Waals surface area contributed by atoms with Gasteiger partial charge in [0.2, 0.25) is 0 Å². The first-order valence-electron chi connectivity index (χ1n) is 19.0. The van der Waals surface area contributed by atoms with E-state index in [1.165, 1.54) is 21.8 Å². The third kappa shape index (κ3) is 5.08. The Bertz CT molecular complexity index is 3530. The van der Waals surface area contributed by atoms with E-state index in [0.29, 0.717) is 17.5 Å². The Labute approximate surface area is 325 Å². The van der Waals surface area contributed by atoms with E-state index in [4.69, 9.17) is 23.8 Å². The van der Waals surface area contributed by atoms with Crippen LogP contribution in [0.5, 0.6) is 0 Å². The lowest BCUT2D eigenvalue weighted by Gasteiger charge is -2.08. The topological polar surface area (TPSA) is 69.9 Å². The maximum absolute atomic E-state index is 6.51. The van der Waals surface area contributed by atoms with Crippen LogP contribution in [0.2, 0.25) is 0 Å². The fourth-order valence-electron chi connectivity index (χ4n) is 8.32. The Morgan fingerprint density at radius 2 is 0.789 bits per heavy atom. The molecule has 12 aromatic rings. The van der Waals surface area contributed by atoms with E-state index in [1.807, 2.05) is 66.7 Å². The summed E-state index contributed by atoms with van der Waals surface area (Å²) in [6.07, 6.45) is 0. The summed E-state index contributed by atoms with van der Waals surface area (Å²) in [6.45, 7) is 0. The highest BCUT2D eigenvalue weighted by Crippen LogP contribution is 2.39. The monoisotopic (exact) mass is 730 g/mol. The molecule has 0 unspecified atom stereocenters. The van der Waals surface area contributed by atoms with Crippen molar-refractivity contribution in [2.75, 3.05) is 0 Å². The molecule has 0 aliphatic rings. The van der Waals surface area contributed by atoms with Crippen molar-refractivity contribution in [2.45, 2.75) is 0 Å². The quantitative estimate of drug-likeness (QED) is 0.176. The molecule has 6 nitrogen and oxygen atoms in total. The maximum Gasteiger partial charge on any atom is 0.164 e. The predicted octanol–water partition coefficient (Wildman–Crippen LogP) is 13.4. The SMILES string of the molecule is c1ccc(-c2nc(-c3ccc4c(c3)oc3ccccc34)nc(-c3ccc4oc5cc(-c6ccc7c(c6)c6ccccc6n7-c6ccccc6)ccc5c4c3)n2)cc1. The van der Waals surface area contributed by atoms with Crippen LogP contribution in [-0.4, -0.2) is 19.5 Å². The van der Waals surface area contributed by atoms with E-state index in [0.717, 1.165) is 77.4 Å². The summed E-state index contributed by atoms with van der Waals surface area (Å²) in [4.78, 5) is 15.0. The summed E-state index contributed by atoms with van der Waals surface area (Å²) < 4.78 is 15.1. The number of benzene rings is 8. The zero-order chi connectivity index (χ0) is 37.5. The largest absolute Gasteiger partial charge is 0.456 e. The first-order valence-corrected chi connectivity index (χ1v) is 19.0. The van der Waals surface area contributed by atoms with Crippen molar-refractivity contribution >= 4 is 65.7 Å². The molecule has 57 heavy (non-hydrogen) atoms. The minimum Gasteiger partial charge on any atom is -0.456 e. The molecular formula is C51H30N4O2. The lowest BCUT2D eigenvalue weighted by Crippen LogP contribution is -2.00. The van der Waals surface area contributed by atoms with Crippen molar-refractivity contribution in [3.05, 3.63) is 182 Å². The van der Waals surface area contributed by atoms with Crippen molar-refractivity contribution in [1.82, 2.24) is 19.5 Å². The molecule has 0 N–H and O–H groups in total. The Balaban J connectivity index is 0.959. The summed E-state index contributed by atoms with van der Waals surface area (Å²) >= 11 is 0. The molecule has 12 rings (SSSR count). The fourth-order valence-corrected chi connectivity index (χ4v) is 8.32. The highest BCUT2D eigenvalue weighted by atomic mass is 16.3. The van der Waals surface area contributed by atoms with Gasteiger partial charge in [-0.05, 0) is 90.0 Å². The minimum atomic E-state index is 0.576. The van der Waals surface area contributed by atoms with Crippen LogP contribution in [-0.2, 0) is 0 Å². The lowest BCUT2D eigenvalue weighted by molar-refractivity contribution is 0.668. The van der Waals surface area contributed by atoms with Crippen LogP contribution in [0.15, 0.2) is 191 Å². The Morgan fingerprint density at radius 1 is 0.298 bits per heavy atom. The number of para-hydroxylation sites is 3. The number of aromatic nitrogens is 4. The van der Waals surface area contributed by atoms with Crippen molar-refractivity contribution in [3.63, 3.8) is 0 Å². The number of rotatable bonds is 5. The molecule has 4 aromatic heterocycles. The van der Waals surface area contributed by atoms with Gasteiger partial charge in [0.25, 0.3) is 0 Å². The minimum absolute atomic E-state index is 0.576. The molecule has 0 spiro atoms. The Morgan fingerprint density at radius 3 is 1.58 bits per heavy atom. The van der Waals surface area contributed by atoms with E-state index >= 15 is 0 Å². The second kappa shape index (κ2) is 12.3. The molecule has 6 heteroatoms. The molecule has 0 fully saturated rings. The molecule has 0 radical (unpaired) electrons. The molecule has 0 aliphatic carbocycles. The van der Waals surface area contributed by atoms with Gasteiger partial charge in [-0.15, -0.1) is 0 Å². The van der Waals surface area contributed by atoms with Crippen molar-refractivity contribution < 1.29 is 8.83 Å². The van der Waals surface area contributed by atoms with Gasteiger partial charge in [0.15, 0.2) is 17.5 Å². The van der Waals surface area contributed by atoms with Gasteiger partial charge in [-0.25, -0.2) is 15.0 Å². The summed E-state index contributed by atoms with van der Waals surface area (Å²) in [6, 6.07) is 62.8. The second-order valence-electron chi connectivity index (χ2n) is 14.4. The van der Waals surface area contributed by atoms with E-state index in [-0.39, 0.29) is 0 Å². The number of fused-ring (bicyclic) bond motifs is 9. The number of hydrogen-bond acceptors (Lipinski definition) is 5. The smallest absolute Gasteiger partial charge is 0.164 e. The Hall–Kier alpha value is -7.83. The van der Waals surface area contributed by atoms with E-state index in [9.17, 15) is 0 Å². The molecule has 0 aliphatic heterocycles. The van der Waals surface area contributed by atoms with Crippen molar-refractivity contribution in [3.8, 4) is 51.0 Å². The first kappa shape index (κ1) is 31.5. The molecule has 4 heterocycles. The average molecular weight is 731 g/mol. The van der Waals surface area contributed by atoms with Gasteiger partial charge in [0.1, 0.15) is 22.3 Å². The lowest BCUT2D eigenvalue weighted by atomic mass is 10.0. The van der Waals surface area contributed by atoms with E-state index in [1.54, 1.807) is 0 Å². The zero-order valence-electron chi connectivity index (χ0n) is 30.4. The standard InChI is InChI=1S/C51H30N4O2/c1-3-11-31(12-4-1)49-52-50(54-51(53-49)35-20-24-39-38-16-8-10-18-45(38)56-48(39)30-35)34-22-26-46-42(28-34)40-23-19-33(29-47(40)57-46)32-21-25-44-41(27-32)37-15-7-9-17-43(37)55(44)36-13-5-2-6-14-36/h1-30H. The van der Waals surface area contributed by atoms with Gasteiger partial charge in [0, 0.05) is 54.7 Å². The van der Waals surface area contributed by atoms with Crippen LogP contribution in [0.1, 0.15) is 0 Å². The normalized spacial score (nSPS) is 11.9. The third-order valence-electron chi connectivity index (χ3n) is 11.1. The Kier molecular flexibility index (Phi) is 6.83. The molecule has 0 saturated heterocycles. The van der Waals surface area contributed by atoms with Gasteiger partial charge in [0.05, 0.1) is 11.0 Å². The van der Waals surface area contributed by atoms with Crippen LogP contribution in [0.3, 0.4) is 0 Å². The highest BCUT2D eigenvalue weighted by molar-refractivity contribution is 6.11. The fraction of sp³-hybridized carbons (Fsp3) is 0. The van der Waals surface area contributed by atoms with Crippen LogP contribution in [0, 0.1) is 0 Å². The van der Waals surface area contributed by atoms with E-state index < -0.39 is 0 Å². The average Bonchev–Trinajstić information content (AvgIpc) is 3.95. The van der Waals surface area contributed by atoms with Crippen molar-refractivity contribution in [2.24, 2.45) is 0 Å². The van der Waals surface area contributed by atoms with Crippen molar-refractivity contribution in [1.29, 1.82) is 0 Å². The van der Waals surface area contributed by atoms with Crippen LogP contribution in [0.25, 0.3) is 117 Å². The first-order chi connectivity index (χ1) is 28.2. The van der Waals surface area contributed by atoms with Gasteiger partial charge >= 0.3 is 0 Å². The molecule has 0 saturated carbocycles. The van der Waals surface area contributed by atoms with Crippen LogP contribution in [0.4, 0.5) is 0 Å². The van der Waals surface area contributed by atoms with Gasteiger partial charge in [-0.2, -0.15) is 0 Å². The molecule has 0 atom stereocenters. The summed E-state index contributed by atoms with van der Waals surface area (Å²) in [5.41, 5.74) is 11.7. The van der Waals surface area contributed by atoms with Crippen LogP contribution < -0.4 is 0 Å². The molecule has 0 amide bonds. The number of nitrogens with zero attached hydrogens (tertiary/aromatic N) is 4. The van der Waals surface area contributed by atoms with Crippen LogP contribution >= 0.6 is 0 Å². The number of hydrogen-bond donors (Lipinski definition) is 0. The van der Waals surface area contributed by atoms with Gasteiger partial charge < -0.3 is 13.4 Å². The number of furan rings is 2. The zero-order valence-corrected chi connectivity index (χ0v) is 30.4. The molecule has 0 bridgehead atoms. The summed E-state index contributed by atoms with van der Waals surface area (Å²) in [5, 5.41) is 6.62. The third-order valence-corrected chi connectivity index (χ3v) is 11.1. The summed E-state index contributed by atoms with van der Waals surface area (Å²) in [7, 11) is 0. The predicted molar refractivity (Wildman–Crippen MR) is 230 cm³/mol. The molecule has 8 aromatic carbocycles. The summed E-state index contributed by atoms with van der Waals surface area (Å²) in [5.74, 6) is 1.76. The highest BCUT2D eigenvalue weighted by Gasteiger charge is 2.18. The maximum atomic E-state index is 6.51. The second-order valence-corrected chi connectivity index (χ2v) is 14.4. The van der Waals surface area contributed by atoms with Gasteiger partial charge in [-0.3, -0.25) is 0 Å². The molecular weight excluding hydrogens is 701 g/mol.